The highest BCUT2D eigenvalue weighted by Crippen LogP contribution is 2.33. The molecule has 3 unspecified atom stereocenters. The quantitative estimate of drug-likeness (QED) is 0.344. The van der Waals surface area contributed by atoms with Crippen molar-refractivity contribution in [3.63, 3.8) is 0 Å². The Balaban J connectivity index is 3.65. The second-order valence-electron chi connectivity index (χ2n) is 11.6. The number of ether oxygens (including phenoxy) is 1. The summed E-state index contributed by atoms with van der Waals surface area (Å²) in [6.07, 6.45) is 1.28. The number of nitrogens with two attached hydrogens (primary N) is 1. The maximum atomic E-state index is 14.3. The summed E-state index contributed by atoms with van der Waals surface area (Å²) in [5.41, 5.74) is 5.42. The Morgan fingerprint density at radius 3 is 2.16 bits per heavy atom. The molecule has 1 aromatic carbocycles. The third kappa shape index (κ3) is 10.3. The number of alkyl carbamates (subject to hydrolysis) is 1. The van der Waals surface area contributed by atoms with Gasteiger partial charge in [0.25, 0.3) is 0 Å². The molecular weight excluding hydrogens is 484 g/mol. The lowest BCUT2D eigenvalue weighted by molar-refractivity contribution is -0.149. The van der Waals surface area contributed by atoms with Gasteiger partial charge in [0.1, 0.15) is 17.7 Å². The smallest absolute Gasteiger partial charge is 0.408 e. The molecule has 9 heteroatoms. The third-order valence-corrected chi connectivity index (χ3v) is 6.40. The van der Waals surface area contributed by atoms with E-state index in [0.29, 0.717) is 12.0 Å². The summed E-state index contributed by atoms with van der Waals surface area (Å²) in [5, 5.41) is 5.70. The van der Waals surface area contributed by atoms with Gasteiger partial charge in [-0.2, -0.15) is 0 Å². The molecule has 4 amide bonds. The SMILES string of the molecule is CCCC(C)NC(=O)C(c1cccc(C)c1)N(C(=O)C(CCC(N)=O)NC(=O)OC(C)(C)C)C(C)(C)CC. The number of amides is 4. The van der Waals surface area contributed by atoms with Gasteiger partial charge in [-0.05, 0) is 73.3 Å². The minimum Gasteiger partial charge on any atom is -0.444 e. The summed E-state index contributed by atoms with van der Waals surface area (Å²) in [6, 6.07) is 5.31. The van der Waals surface area contributed by atoms with Crippen molar-refractivity contribution in [2.45, 2.75) is 124 Å². The molecule has 0 aliphatic rings. The highest BCUT2D eigenvalue weighted by molar-refractivity contribution is 5.93. The Morgan fingerprint density at radius 1 is 1.03 bits per heavy atom. The van der Waals surface area contributed by atoms with Crippen LogP contribution in [0.5, 0.6) is 0 Å². The second kappa shape index (κ2) is 14.2. The van der Waals surface area contributed by atoms with E-state index < -0.39 is 41.1 Å². The lowest BCUT2D eigenvalue weighted by Crippen LogP contribution is -2.59. The number of carbonyl (C=O) groups excluding carboxylic acids is 4. The van der Waals surface area contributed by atoms with E-state index in [2.05, 4.69) is 10.6 Å². The van der Waals surface area contributed by atoms with E-state index in [0.717, 1.165) is 18.4 Å². The number of benzene rings is 1. The predicted octanol–water partition coefficient (Wildman–Crippen LogP) is 4.52. The Bertz CT molecular complexity index is 970. The summed E-state index contributed by atoms with van der Waals surface area (Å²) in [6.45, 7) is 16.8. The summed E-state index contributed by atoms with van der Waals surface area (Å²) >= 11 is 0. The molecule has 214 valence electrons. The summed E-state index contributed by atoms with van der Waals surface area (Å²) < 4.78 is 5.39. The molecule has 0 saturated carbocycles. The Kier molecular flexibility index (Phi) is 12.3. The second-order valence-corrected chi connectivity index (χ2v) is 11.6. The predicted molar refractivity (Wildman–Crippen MR) is 149 cm³/mol. The molecule has 9 nitrogen and oxygen atoms in total. The zero-order chi connectivity index (χ0) is 29.3. The van der Waals surface area contributed by atoms with E-state index in [1.54, 1.807) is 25.7 Å². The highest BCUT2D eigenvalue weighted by atomic mass is 16.6. The molecule has 0 saturated heterocycles. The van der Waals surface area contributed by atoms with Crippen LogP contribution in [0.25, 0.3) is 0 Å². The molecule has 0 heterocycles. The first kappa shape index (κ1) is 32.9. The number of nitrogens with zero attached hydrogens (tertiary/aromatic N) is 1. The normalized spacial score (nSPS) is 14.1. The molecule has 3 atom stereocenters. The summed E-state index contributed by atoms with van der Waals surface area (Å²) in [5.74, 6) is -1.40. The Hall–Kier alpha value is -3.10. The molecule has 0 radical (unpaired) electrons. The van der Waals surface area contributed by atoms with Crippen molar-refractivity contribution in [3.8, 4) is 0 Å². The van der Waals surface area contributed by atoms with Gasteiger partial charge in [-0.3, -0.25) is 14.4 Å². The van der Waals surface area contributed by atoms with Gasteiger partial charge >= 0.3 is 6.09 Å². The van der Waals surface area contributed by atoms with Gasteiger partial charge in [0.05, 0.1) is 0 Å². The van der Waals surface area contributed by atoms with Gasteiger partial charge in [-0.15, -0.1) is 0 Å². The average molecular weight is 533 g/mol. The van der Waals surface area contributed by atoms with Crippen LogP contribution in [0.1, 0.15) is 105 Å². The van der Waals surface area contributed by atoms with Crippen LogP contribution in [0, 0.1) is 6.92 Å². The van der Waals surface area contributed by atoms with Gasteiger partial charge in [-0.1, -0.05) is 50.1 Å². The van der Waals surface area contributed by atoms with E-state index in [9.17, 15) is 19.2 Å². The number of primary amides is 1. The first-order valence-corrected chi connectivity index (χ1v) is 13.5. The van der Waals surface area contributed by atoms with Crippen LogP contribution in [0.15, 0.2) is 24.3 Å². The number of carbonyl (C=O) groups is 4. The van der Waals surface area contributed by atoms with Crippen molar-refractivity contribution in [2.75, 3.05) is 0 Å². The van der Waals surface area contributed by atoms with E-state index in [4.69, 9.17) is 10.5 Å². The number of rotatable bonds is 13. The minimum absolute atomic E-state index is 0.0297. The molecule has 0 aliphatic carbocycles. The molecule has 38 heavy (non-hydrogen) atoms. The van der Waals surface area contributed by atoms with Gasteiger partial charge in [-0.25, -0.2) is 4.79 Å². The van der Waals surface area contributed by atoms with E-state index in [1.807, 2.05) is 65.8 Å². The molecule has 0 fully saturated rings. The molecular formula is C29H48N4O5. The third-order valence-electron chi connectivity index (χ3n) is 6.40. The highest BCUT2D eigenvalue weighted by Gasteiger charge is 2.43. The van der Waals surface area contributed by atoms with Gasteiger partial charge in [0.15, 0.2) is 0 Å². The van der Waals surface area contributed by atoms with Crippen molar-refractivity contribution in [1.29, 1.82) is 0 Å². The summed E-state index contributed by atoms with van der Waals surface area (Å²) in [4.78, 5) is 54.0. The fourth-order valence-corrected chi connectivity index (χ4v) is 4.19. The number of nitrogens with one attached hydrogen (secondary N) is 2. The maximum Gasteiger partial charge on any atom is 0.408 e. The average Bonchev–Trinajstić information content (AvgIpc) is 2.78. The molecule has 1 aromatic rings. The molecule has 1 rings (SSSR count). The van der Waals surface area contributed by atoms with Crippen molar-refractivity contribution in [2.24, 2.45) is 5.73 Å². The van der Waals surface area contributed by atoms with Crippen LogP contribution in [-0.4, -0.2) is 51.9 Å². The van der Waals surface area contributed by atoms with Crippen LogP contribution in [0.2, 0.25) is 0 Å². The monoisotopic (exact) mass is 532 g/mol. The molecule has 0 aromatic heterocycles. The maximum absolute atomic E-state index is 14.3. The van der Waals surface area contributed by atoms with Gasteiger partial charge in [0, 0.05) is 18.0 Å². The zero-order valence-corrected chi connectivity index (χ0v) is 24.6. The number of aryl methyl sites for hydroxylation is 1. The lowest BCUT2D eigenvalue weighted by Gasteiger charge is -2.45. The van der Waals surface area contributed by atoms with Crippen molar-refractivity contribution in [3.05, 3.63) is 35.4 Å². The van der Waals surface area contributed by atoms with Crippen molar-refractivity contribution < 1.29 is 23.9 Å². The van der Waals surface area contributed by atoms with Crippen LogP contribution in [-0.2, 0) is 19.1 Å². The zero-order valence-electron chi connectivity index (χ0n) is 24.6. The Morgan fingerprint density at radius 2 is 1.66 bits per heavy atom. The first-order chi connectivity index (χ1) is 17.5. The van der Waals surface area contributed by atoms with Gasteiger partial charge < -0.3 is 26.0 Å². The Labute approximate surface area is 228 Å². The molecule has 0 spiro atoms. The largest absolute Gasteiger partial charge is 0.444 e. The van der Waals surface area contributed by atoms with E-state index in [-0.39, 0.29) is 24.8 Å². The van der Waals surface area contributed by atoms with Crippen LogP contribution < -0.4 is 16.4 Å². The van der Waals surface area contributed by atoms with Crippen molar-refractivity contribution in [1.82, 2.24) is 15.5 Å². The number of hydrogen-bond donors (Lipinski definition) is 3. The molecule has 4 N–H and O–H groups in total. The van der Waals surface area contributed by atoms with Crippen molar-refractivity contribution >= 4 is 23.8 Å². The fourth-order valence-electron chi connectivity index (χ4n) is 4.19. The number of hydrogen-bond acceptors (Lipinski definition) is 5. The topological polar surface area (TPSA) is 131 Å². The molecule has 0 aliphatic heterocycles. The molecule has 0 bridgehead atoms. The lowest BCUT2D eigenvalue weighted by atomic mass is 9.91. The summed E-state index contributed by atoms with van der Waals surface area (Å²) in [7, 11) is 0. The van der Waals surface area contributed by atoms with Gasteiger partial charge in [0.2, 0.25) is 17.7 Å². The van der Waals surface area contributed by atoms with Crippen LogP contribution in [0.3, 0.4) is 0 Å². The standard InChI is InChI=1S/C29H48N4O5/c1-10-13-20(4)31-25(35)24(21-15-12-14-19(3)18-21)33(29(8,9)11-2)26(36)22(16-17-23(30)34)32-27(37)38-28(5,6)7/h12,14-15,18,20,22,24H,10-11,13,16-17H2,1-9H3,(H2,30,34)(H,31,35)(H,32,37). The van der Waals surface area contributed by atoms with E-state index in [1.165, 1.54) is 0 Å². The first-order valence-electron chi connectivity index (χ1n) is 13.5. The van der Waals surface area contributed by atoms with Crippen LogP contribution in [0.4, 0.5) is 4.79 Å². The fraction of sp³-hybridized carbons (Fsp3) is 0.655. The van der Waals surface area contributed by atoms with Crippen LogP contribution >= 0.6 is 0 Å². The minimum atomic E-state index is -1.13. The van der Waals surface area contributed by atoms with E-state index >= 15 is 0 Å².